The number of likely N-dealkylation sites (tertiary alicyclic amines) is 1. The van der Waals surface area contributed by atoms with Crippen LogP contribution in [0, 0.1) is 6.92 Å². The van der Waals surface area contributed by atoms with Gasteiger partial charge in [0.2, 0.25) is 0 Å². The third-order valence-electron chi connectivity index (χ3n) is 7.27. The number of nitrogens with zero attached hydrogens (tertiary/aromatic N) is 1. The molecule has 0 unspecified atom stereocenters. The quantitative estimate of drug-likeness (QED) is 0.389. The van der Waals surface area contributed by atoms with Gasteiger partial charge in [0.1, 0.15) is 5.75 Å². The van der Waals surface area contributed by atoms with Crippen molar-refractivity contribution in [3.8, 4) is 5.75 Å². The molecule has 2 aromatic carbocycles. The molecule has 2 aliphatic rings. The number of aryl methyl sites for hydroxylation is 1. The van der Waals surface area contributed by atoms with E-state index in [1.54, 1.807) is 7.11 Å². The smallest absolute Gasteiger partial charge is 0.123 e. The van der Waals surface area contributed by atoms with E-state index < -0.39 is 0 Å². The molecule has 0 atom stereocenters. The summed E-state index contributed by atoms with van der Waals surface area (Å²) in [5, 5.41) is 1.39. The van der Waals surface area contributed by atoms with Crippen LogP contribution in [0.3, 0.4) is 0 Å². The van der Waals surface area contributed by atoms with Gasteiger partial charge in [-0.15, -0.1) is 11.3 Å². The van der Waals surface area contributed by atoms with Crippen LogP contribution in [0.5, 0.6) is 5.75 Å². The number of allylic oxidation sites excluding steroid dienone is 3. The summed E-state index contributed by atoms with van der Waals surface area (Å²) in [7, 11) is 1.80. The molecule has 0 radical (unpaired) electrons. The molecule has 5 rings (SSSR count). The number of nitrogens with two attached hydrogens (primary N) is 1. The molecule has 0 bridgehead atoms. The Hall–Kier alpha value is -2.40. The molecule has 1 aliphatic heterocycles. The first kappa shape index (κ1) is 23.3. The van der Waals surface area contributed by atoms with Crippen LogP contribution in [-0.2, 0) is 13.0 Å². The monoisotopic (exact) mass is 472 g/mol. The fraction of sp³-hybridized carbons (Fsp3) is 0.400. The van der Waals surface area contributed by atoms with Crippen LogP contribution in [0.2, 0.25) is 0 Å². The summed E-state index contributed by atoms with van der Waals surface area (Å²) in [6.07, 6.45) is 11.4. The molecule has 1 aromatic heterocycles. The van der Waals surface area contributed by atoms with E-state index >= 15 is 0 Å². The minimum absolute atomic E-state index is 0.734. The third kappa shape index (κ3) is 5.00. The second-order valence-corrected chi connectivity index (χ2v) is 10.8. The first-order valence-electron chi connectivity index (χ1n) is 12.6. The fourth-order valence-electron chi connectivity index (χ4n) is 5.37. The Morgan fingerprint density at radius 3 is 2.62 bits per heavy atom. The van der Waals surface area contributed by atoms with E-state index in [1.165, 1.54) is 74.3 Å². The van der Waals surface area contributed by atoms with Gasteiger partial charge in [-0.3, -0.25) is 4.90 Å². The number of thiophene rings is 1. The average Bonchev–Trinajstić information content (AvgIpc) is 3.48. The van der Waals surface area contributed by atoms with Crippen molar-refractivity contribution in [1.29, 1.82) is 0 Å². The lowest BCUT2D eigenvalue weighted by molar-refractivity contribution is 0.321. The minimum atomic E-state index is 0.734. The standard InChI is InChI=1S/C30H36N2OS/c1-21-5-12-26-27(30(34-29(26)17-21)24-9-6-22(7-10-24)13-14-31)18-23-8-11-25(28(19-23)33-2)20-32-15-3-4-16-32/h5-6,8-9,11-12,17,19H,3-4,7,10,13-16,18,20,31H2,1-2H3. The predicted octanol–water partition coefficient (Wildman–Crippen LogP) is 6.86. The highest BCUT2D eigenvalue weighted by Crippen LogP contribution is 2.41. The maximum atomic E-state index is 5.85. The Balaban J connectivity index is 1.49. The number of methoxy groups -OCH3 is 1. The zero-order chi connectivity index (χ0) is 23.5. The van der Waals surface area contributed by atoms with Gasteiger partial charge in [-0.1, -0.05) is 42.0 Å². The van der Waals surface area contributed by atoms with Crippen molar-refractivity contribution < 1.29 is 4.74 Å². The molecule has 3 aromatic rings. The van der Waals surface area contributed by atoms with Gasteiger partial charge in [-0.25, -0.2) is 0 Å². The maximum absolute atomic E-state index is 5.85. The van der Waals surface area contributed by atoms with E-state index in [4.69, 9.17) is 10.5 Å². The van der Waals surface area contributed by atoms with Gasteiger partial charge < -0.3 is 10.5 Å². The average molecular weight is 473 g/mol. The van der Waals surface area contributed by atoms with Crippen molar-refractivity contribution >= 4 is 27.0 Å². The highest BCUT2D eigenvalue weighted by molar-refractivity contribution is 7.20. The third-order valence-corrected chi connectivity index (χ3v) is 8.54. The number of hydrogen-bond donors (Lipinski definition) is 1. The van der Waals surface area contributed by atoms with E-state index in [0.717, 1.165) is 44.5 Å². The normalized spacial score (nSPS) is 16.7. The highest BCUT2D eigenvalue weighted by atomic mass is 32.1. The van der Waals surface area contributed by atoms with Crippen LogP contribution in [-0.4, -0.2) is 31.6 Å². The van der Waals surface area contributed by atoms with E-state index in [0.29, 0.717) is 0 Å². The summed E-state index contributed by atoms with van der Waals surface area (Å²) < 4.78 is 7.24. The second kappa shape index (κ2) is 10.5. The van der Waals surface area contributed by atoms with Gasteiger partial charge >= 0.3 is 0 Å². The summed E-state index contributed by atoms with van der Waals surface area (Å²) in [6.45, 7) is 6.30. The van der Waals surface area contributed by atoms with E-state index in [9.17, 15) is 0 Å². The van der Waals surface area contributed by atoms with Crippen molar-refractivity contribution in [2.24, 2.45) is 5.73 Å². The maximum Gasteiger partial charge on any atom is 0.123 e. The number of hydrogen-bond acceptors (Lipinski definition) is 4. The summed E-state index contributed by atoms with van der Waals surface area (Å²) in [5.74, 6) is 1.02. The van der Waals surface area contributed by atoms with Crippen LogP contribution in [0.1, 0.15) is 59.2 Å². The molecule has 0 amide bonds. The largest absolute Gasteiger partial charge is 0.496 e. The van der Waals surface area contributed by atoms with Gasteiger partial charge in [0, 0.05) is 21.7 Å². The number of fused-ring (bicyclic) bond motifs is 1. The van der Waals surface area contributed by atoms with E-state index in [2.05, 4.69) is 60.4 Å². The van der Waals surface area contributed by atoms with Crippen LogP contribution in [0.25, 0.3) is 15.7 Å². The molecular formula is C30H36N2OS. The molecule has 1 aliphatic carbocycles. The molecule has 2 heterocycles. The zero-order valence-electron chi connectivity index (χ0n) is 20.5. The van der Waals surface area contributed by atoms with Crippen molar-refractivity contribution in [3.63, 3.8) is 0 Å². The van der Waals surface area contributed by atoms with Crippen LogP contribution in [0.4, 0.5) is 0 Å². The van der Waals surface area contributed by atoms with Gasteiger partial charge in [-0.2, -0.15) is 0 Å². The SMILES string of the molecule is COc1cc(Cc2c(C3=CC=C(CCN)CC3)sc3cc(C)ccc23)ccc1CN1CCCC1. The van der Waals surface area contributed by atoms with Crippen LogP contribution >= 0.6 is 11.3 Å². The summed E-state index contributed by atoms with van der Waals surface area (Å²) in [5.41, 5.74) is 14.1. The predicted molar refractivity (Wildman–Crippen MR) is 146 cm³/mol. The second-order valence-electron chi connectivity index (χ2n) is 9.77. The zero-order valence-corrected chi connectivity index (χ0v) is 21.3. The van der Waals surface area contributed by atoms with Gasteiger partial charge in [0.05, 0.1) is 7.11 Å². The topological polar surface area (TPSA) is 38.5 Å². The summed E-state index contributed by atoms with van der Waals surface area (Å²) >= 11 is 1.95. The van der Waals surface area contributed by atoms with Crippen molar-refractivity contribution in [1.82, 2.24) is 4.90 Å². The molecule has 34 heavy (non-hydrogen) atoms. The Kier molecular flexibility index (Phi) is 7.19. The van der Waals surface area contributed by atoms with Gasteiger partial charge in [0.15, 0.2) is 0 Å². The molecule has 1 saturated heterocycles. The first-order valence-corrected chi connectivity index (χ1v) is 13.5. The lowest BCUT2D eigenvalue weighted by Crippen LogP contribution is -2.18. The Morgan fingerprint density at radius 1 is 1.03 bits per heavy atom. The summed E-state index contributed by atoms with van der Waals surface area (Å²) in [4.78, 5) is 3.98. The number of rotatable bonds is 8. The van der Waals surface area contributed by atoms with E-state index in [-0.39, 0.29) is 0 Å². The van der Waals surface area contributed by atoms with Crippen LogP contribution in [0.15, 0.2) is 54.1 Å². The Labute approximate surface area is 207 Å². The molecule has 0 saturated carbocycles. The molecular weight excluding hydrogens is 436 g/mol. The molecule has 4 heteroatoms. The van der Waals surface area contributed by atoms with Crippen molar-refractivity contribution in [2.75, 3.05) is 26.7 Å². The van der Waals surface area contributed by atoms with Crippen molar-refractivity contribution in [2.45, 2.75) is 52.0 Å². The Morgan fingerprint density at radius 2 is 1.88 bits per heavy atom. The lowest BCUT2D eigenvalue weighted by atomic mass is 9.91. The van der Waals surface area contributed by atoms with Crippen LogP contribution < -0.4 is 10.5 Å². The Bertz CT molecular complexity index is 1230. The summed E-state index contributed by atoms with van der Waals surface area (Å²) in [6, 6.07) is 13.8. The van der Waals surface area contributed by atoms with Crippen molar-refractivity contribution in [3.05, 3.63) is 81.3 Å². The van der Waals surface area contributed by atoms with E-state index in [1.807, 2.05) is 11.3 Å². The lowest BCUT2D eigenvalue weighted by Gasteiger charge is -2.18. The van der Waals surface area contributed by atoms with Gasteiger partial charge in [-0.05, 0) is 105 Å². The van der Waals surface area contributed by atoms with Gasteiger partial charge in [0.25, 0.3) is 0 Å². The molecule has 2 N–H and O–H groups in total. The molecule has 178 valence electrons. The molecule has 0 spiro atoms. The number of ether oxygens (including phenoxy) is 1. The molecule has 1 fully saturated rings. The first-order chi connectivity index (χ1) is 16.6. The minimum Gasteiger partial charge on any atom is -0.496 e. The molecule has 3 nitrogen and oxygen atoms in total. The fourth-order valence-corrected chi connectivity index (χ4v) is 6.74. The number of benzene rings is 2. The highest BCUT2D eigenvalue weighted by Gasteiger charge is 2.19.